The maximum atomic E-state index is 2.52. The fourth-order valence-electron chi connectivity index (χ4n) is 9.72. The third kappa shape index (κ3) is 6.38. The summed E-state index contributed by atoms with van der Waals surface area (Å²) >= 11 is 0. The van der Waals surface area contributed by atoms with Crippen LogP contribution in [-0.4, -0.2) is 6.71 Å². The molecule has 0 atom stereocenters. The average Bonchev–Trinajstić information content (AvgIpc) is 3.31. The molecule has 296 valence electrons. The molecule has 3 nitrogen and oxygen atoms in total. The van der Waals surface area contributed by atoms with Gasteiger partial charge in [0.1, 0.15) is 0 Å². The summed E-state index contributed by atoms with van der Waals surface area (Å²) in [5.74, 6) is 0. The van der Waals surface area contributed by atoms with Crippen LogP contribution >= 0.6 is 0 Å². The first-order valence-electron chi connectivity index (χ1n) is 21.6. The van der Waals surface area contributed by atoms with Crippen LogP contribution in [-0.2, 0) is 0 Å². The van der Waals surface area contributed by atoms with Gasteiger partial charge in [0.15, 0.2) is 0 Å². The summed E-state index contributed by atoms with van der Waals surface area (Å²) in [6.07, 6.45) is 0. The molecule has 9 aromatic carbocycles. The van der Waals surface area contributed by atoms with Crippen LogP contribution in [0, 0.1) is 27.7 Å². The molecule has 2 aliphatic heterocycles. The van der Waals surface area contributed by atoms with E-state index in [4.69, 9.17) is 0 Å². The van der Waals surface area contributed by atoms with Crippen molar-refractivity contribution in [2.45, 2.75) is 27.7 Å². The number of anilines is 9. The molecule has 0 aromatic heterocycles. The predicted octanol–water partition coefficient (Wildman–Crippen LogP) is 13.8. The standard InChI is InChI=1S/C58H46BN3/c1-39-22-28-46(29-23-39)61-54-32-26-41(3)34-51(54)59-52-35-42(4)27-33-55(52)62(47-30-24-40(2)25-31-47)57-38-49(37-56(61)58(57)59)60(48-19-13-18-45(36-48)43-14-7-5-8-15-43)53-21-12-11-20-50(53)44-16-9-6-10-17-44/h5-38H,1-4H3. The number of rotatable bonds is 7. The topological polar surface area (TPSA) is 9.72 Å². The smallest absolute Gasteiger partial charge is 0.252 e. The maximum absolute atomic E-state index is 2.52. The van der Waals surface area contributed by atoms with Gasteiger partial charge in [0.25, 0.3) is 6.71 Å². The normalized spacial score (nSPS) is 12.4. The van der Waals surface area contributed by atoms with Gasteiger partial charge in [-0.15, -0.1) is 0 Å². The average molecular weight is 796 g/mol. The Morgan fingerprint density at radius 2 is 0.839 bits per heavy atom. The monoisotopic (exact) mass is 795 g/mol. The lowest BCUT2D eigenvalue weighted by Gasteiger charge is -2.45. The van der Waals surface area contributed by atoms with Crippen molar-refractivity contribution in [1.82, 2.24) is 0 Å². The van der Waals surface area contributed by atoms with E-state index in [1.807, 2.05) is 0 Å². The molecule has 11 rings (SSSR count). The molecule has 0 saturated carbocycles. The van der Waals surface area contributed by atoms with Crippen LogP contribution in [0.5, 0.6) is 0 Å². The molecule has 0 amide bonds. The van der Waals surface area contributed by atoms with Crippen molar-refractivity contribution in [3.63, 3.8) is 0 Å². The molecule has 9 aromatic rings. The molecule has 2 heterocycles. The summed E-state index contributed by atoms with van der Waals surface area (Å²) in [5.41, 5.74) is 23.9. The number of hydrogen-bond acceptors (Lipinski definition) is 3. The lowest BCUT2D eigenvalue weighted by atomic mass is 9.33. The number of nitrogens with zero attached hydrogens (tertiary/aromatic N) is 3. The Kier molecular flexibility index (Phi) is 9.16. The van der Waals surface area contributed by atoms with E-state index < -0.39 is 0 Å². The third-order valence-corrected chi connectivity index (χ3v) is 12.6. The molecule has 62 heavy (non-hydrogen) atoms. The van der Waals surface area contributed by atoms with E-state index in [0.29, 0.717) is 0 Å². The molecular weight excluding hydrogens is 749 g/mol. The first kappa shape index (κ1) is 37.4. The molecule has 0 N–H and O–H groups in total. The molecular formula is C58H46BN3. The SMILES string of the molecule is Cc1ccc(N2c3ccc(C)cc3B3c4cc(C)ccc4N(c4ccc(C)cc4)c4cc(N(c5cccc(-c6ccccc6)c5)c5ccccc5-c5ccccc5)cc2c43)cc1. The van der Waals surface area contributed by atoms with Crippen LogP contribution in [0.2, 0.25) is 0 Å². The summed E-state index contributed by atoms with van der Waals surface area (Å²) in [7, 11) is 0. The Morgan fingerprint density at radius 3 is 1.40 bits per heavy atom. The third-order valence-electron chi connectivity index (χ3n) is 12.6. The highest BCUT2D eigenvalue weighted by Gasteiger charge is 2.44. The van der Waals surface area contributed by atoms with E-state index >= 15 is 0 Å². The maximum Gasteiger partial charge on any atom is 0.252 e. The number of hydrogen-bond donors (Lipinski definition) is 0. The number of benzene rings is 9. The van der Waals surface area contributed by atoms with Crippen molar-refractivity contribution in [1.29, 1.82) is 0 Å². The van der Waals surface area contributed by atoms with E-state index in [-0.39, 0.29) is 6.71 Å². The van der Waals surface area contributed by atoms with Crippen LogP contribution in [0.25, 0.3) is 22.3 Å². The lowest BCUT2D eigenvalue weighted by molar-refractivity contribution is 1.22. The Hall–Kier alpha value is -7.56. The summed E-state index contributed by atoms with van der Waals surface area (Å²) in [4.78, 5) is 7.52. The van der Waals surface area contributed by atoms with Gasteiger partial charge in [0.05, 0.1) is 11.4 Å². The molecule has 0 fully saturated rings. The Balaban J connectivity index is 1.26. The predicted molar refractivity (Wildman–Crippen MR) is 265 cm³/mol. The highest BCUT2D eigenvalue weighted by molar-refractivity contribution is 7.00. The number of fused-ring (bicyclic) bond motifs is 4. The van der Waals surface area contributed by atoms with E-state index in [0.717, 1.165) is 34.0 Å². The van der Waals surface area contributed by atoms with E-state index in [2.05, 4.69) is 249 Å². The van der Waals surface area contributed by atoms with Gasteiger partial charge in [-0.2, -0.15) is 0 Å². The zero-order valence-electron chi connectivity index (χ0n) is 35.5. The first-order valence-corrected chi connectivity index (χ1v) is 21.6. The molecule has 0 unspecified atom stereocenters. The zero-order chi connectivity index (χ0) is 41.9. The largest absolute Gasteiger partial charge is 0.311 e. The summed E-state index contributed by atoms with van der Waals surface area (Å²) in [6.45, 7) is 8.80. The summed E-state index contributed by atoms with van der Waals surface area (Å²) in [6, 6.07) is 76.4. The Labute approximate surface area is 365 Å². The zero-order valence-corrected chi connectivity index (χ0v) is 35.5. The second-order valence-corrected chi connectivity index (χ2v) is 16.9. The van der Waals surface area contributed by atoms with Crippen molar-refractivity contribution in [2.24, 2.45) is 0 Å². The number of para-hydroxylation sites is 1. The summed E-state index contributed by atoms with van der Waals surface area (Å²) in [5, 5.41) is 0. The molecule has 0 aliphatic carbocycles. The number of aryl methyl sites for hydroxylation is 4. The van der Waals surface area contributed by atoms with Gasteiger partial charge in [0, 0.05) is 45.4 Å². The van der Waals surface area contributed by atoms with Crippen molar-refractivity contribution < 1.29 is 0 Å². The highest BCUT2D eigenvalue weighted by atomic mass is 15.2. The van der Waals surface area contributed by atoms with E-state index in [9.17, 15) is 0 Å². The fourth-order valence-corrected chi connectivity index (χ4v) is 9.72. The van der Waals surface area contributed by atoms with Gasteiger partial charge in [0.2, 0.25) is 0 Å². The van der Waals surface area contributed by atoms with Gasteiger partial charge in [-0.1, -0.05) is 162 Å². The van der Waals surface area contributed by atoms with Crippen molar-refractivity contribution in [3.05, 3.63) is 229 Å². The first-order chi connectivity index (χ1) is 30.4. The van der Waals surface area contributed by atoms with Crippen molar-refractivity contribution in [3.8, 4) is 22.3 Å². The van der Waals surface area contributed by atoms with Gasteiger partial charge in [-0.05, 0) is 128 Å². The van der Waals surface area contributed by atoms with Crippen LogP contribution in [0.15, 0.2) is 206 Å². The van der Waals surface area contributed by atoms with Gasteiger partial charge in [-0.3, -0.25) is 0 Å². The minimum Gasteiger partial charge on any atom is -0.311 e. The minimum atomic E-state index is 0.0220. The summed E-state index contributed by atoms with van der Waals surface area (Å²) < 4.78 is 0. The fraction of sp³-hybridized carbons (Fsp3) is 0.0690. The van der Waals surface area contributed by atoms with Crippen molar-refractivity contribution in [2.75, 3.05) is 14.7 Å². The molecule has 2 aliphatic rings. The van der Waals surface area contributed by atoms with Crippen LogP contribution < -0.4 is 31.1 Å². The second kappa shape index (κ2) is 15.2. The lowest BCUT2D eigenvalue weighted by Crippen LogP contribution is -2.61. The van der Waals surface area contributed by atoms with E-state index in [1.165, 1.54) is 78.1 Å². The molecule has 0 spiro atoms. The molecule has 0 saturated heterocycles. The Bertz CT molecular complexity index is 3000. The van der Waals surface area contributed by atoms with Gasteiger partial charge >= 0.3 is 0 Å². The highest BCUT2D eigenvalue weighted by Crippen LogP contribution is 2.49. The van der Waals surface area contributed by atoms with Crippen LogP contribution in [0.3, 0.4) is 0 Å². The molecule has 0 radical (unpaired) electrons. The molecule has 0 bridgehead atoms. The Morgan fingerprint density at radius 1 is 0.355 bits per heavy atom. The van der Waals surface area contributed by atoms with E-state index in [1.54, 1.807) is 0 Å². The van der Waals surface area contributed by atoms with Crippen LogP contribution in [0.4, 0.5) is 51.2 Å². The minimum absolute atomic E-state index is 0.0220. The quantitative estimate of drug-likeness (QED) is 0.149. The van der Waals surface area contributed by atoms with Gasteiger partial charge in [-0.25, -0.2) is 0 Å². The van der Waals surface area contributed by atoms with Crippen molar-refractivity contribution >= 4 is 74.3 Å². The molecule has 4 heteroatoms. The second-order valence-electron chi connectivity index (χ2n) is 16.9. The van der Waals surface area contributed by atoms with Crippen LogP contribution in [0.1, 0.15) is 22.3 Å². The van der Waals surface area contributed by atoms with Gasteiger partial charge < -0.3 is 14.7 Å².